The summed E-state index contributed by atoms with van der Waals surface area (Å²) in [5, 5.41) is 6.07. The monoisotopic (exact) mass is 345 g/mol. The lowest BCUT2D eigenvalue weighted by Crippen LogP contribution is -2.48. The number of carbonyl (C=O) groups excluding carboxylic acids is 1. The highest BCUT2D eigenvalue weighted by molar-refractivity contribution is 7.54. The van der Waals surface area contributed by atoms with Crippen LogP contribution in [0.4, 0.5) is 0 Å². The number of esters is 1. The second-order valence-corrected chi connectivity index (χ2v) is 7.02. The van der Waals surface area contributed by atoms with Gasteiger partial charge in [0, 0.05) is 6.42 Å². The van der Waals surface area contributed by atoms with Crippen LogP contribution >= 0.6 is 7.60 Å². The standard InChI is InChI=1S/C14H20NO7P/c15-14(23(19,20)21,9-5-4-8-12(16)17)13(18)22-10-11-6-2-1-3-7-11/h1-3,6-7H,4-5,8-10,15H2,(H,16,17)(H2,19,20,21). The van der Waals surface area contributed by atoms with Crippen molar-refractivity contribution in [3.05, 3.63) is 35.9 Å². The second kappa shape index (κ2) is 8.21. The van der Waals surface area contributed by atoms with E-state index in [1.54, 1.807) is 30.3 Å². The molecule has 0 aromatic heterocycles. The zero-order chi connectivity index (χ0) is 17.5. The van der Waals surface area contributed by atoms with Gasteiger partial charge >= 0.3 is 19.5 Å². The fourth-order valence-electron chi connectivity index (χ4n) is 1.89. The summed E-state index contributed by atoms with van der Waals surface area (Å²) in [5.74, 6) is -2.24. The molecular formula is C14H20NO7P. The van der Waals surface area contributed by atoms with E-state index >= 15 is 0 Å². The van der Waals surface area contributed by atoms with Crippen molar-refractivity contribution in [3.8, 4) is 0 Å². The van der Waals surface area contributed by atoms with Gasteiger partial charge in [0.15, 0.2) is 0 Å². The van der Waals surface area contributed by atoms with Crippen LogP contribution in [0, 0.1) is 0 Å². The third kappa shape index (κ3) is 5.76. The Morgan fingerprint density at radius 2 is 1.78 bits per heavy atom. The van der Waals surface area contributed by atoms with Gasteiger partial charge in [0.2, 0.25) is 5.28 Å². The minimum absolute atomic E-state index is 0.0777. The first-order valence-electron chi connectivity index (χ1n) is 6.94. The molecule has 5 N–H and O–H groups in total. The van der Waals surface area contributed by atoms with E-state index in [1.807, 2.05) is 0 Å². The lowest BCUT2D eigenvalue weighted by molar-refractivity contribution is -0.149. The Labute approximate surface area is 133 Å². The summed E-state index contributed by atoms with van der Waals surface area (Å²) >= 11 is 0. The van der Waals surface area contributed by atoms with E-state index in [0.29, 0.717) is 5.56 Å². The van der Waals surface area contributed by atoms with Crippen molar-refractivity contribution in [2.24, 2.45) is 5.73 Å². The van der Waals surface area contributed by atoms with Gasteiger partial charge in [-0.3, -0.25) is 9.36 Å². The van der Waals surface area contributed by atoms with Gasteiger partial charge in [0.25, 0.3) is 0 Å². The predicted molar refractivity (Wildman–Crippen MR) is 81.3 cm³/mol. The van der Waals surface area contributed by atoms with Crippen LogP contribution in [0.5, 0.6) is 0 Å². The van der Waals surface area contributed by atoms with Gasteiger partial charge < -0.3 is 25.4 Å². The summed E-state index contributed by atoms with van der Waals surface area (Å²) in [6.07, 6.45) is -0.303. The predicted octanol–water partition coefficient (Wildman–Crippen LogP) is 1.21. The van der Waals surface area contributed by atoms with Crippen molar-refractivity contribution in [1.82, 2.24) is 0 Å². The molecule has 0 radical (unpaired) electrons. The van der Waals surface area contributed by atoms with Crippen LogP contribution in [0.2, 0.25) is 0 Å². The molecule has 0 amide bonds. The summed E-state index contributed by atoms with van der Waals surface area (Å²) in [7, 11) is -4.97. The van der Waals surface area contributed by atoms with Crippen molar-refractivity contribution < 1.29 is 33.8 Å². The van der Waals surface area contributed by atoms with E-state index < -0.39 is 24.8 Å². The first-order chi connectivity index (χ1) is 10.7. The van der Waals surface area contributed by atoms with Gasteiger partial charge in [-0.05, 0) is 24.8 Å². The zero-order valence-electron chi connectivity index (χ0n) is 12.4. The lowest BCUT2D eigenvalue weighted by Gasteiger charge is -2.27. The van der Waals surface area contributed by atoms with Crippen molar-refractivity contribution in [2.45, 2.75) is 37.6 Å². The lowest BCUT2D eigenvalue weighted by atomic mass is 10.1. The van der Waals surface area contributed by atoms with E-state index in [9.17, 15) is 23.9 Å². The third-order valence-electron chi connectivity index (χ3n) is 3.28. The van der Waals surface area contributed by atoms with Gasteiger partial charge in [0.1, 0.15) is 6.61 Å². The zero-order valence-corrected chi connectivity index (χ0v) is 13.3. The number of carbonyl (C=O) groups is 2. The fourth-order valence-corrected chi connectivity index (χ4v) is 2.64. The maximum Gasteiger partial charge on any atom is 0.356 e. The molecule has 0 aliphatic heterocycles. The minimum Gasteiger partial charge on any atom is -0.481 e. The van der Waals surface area contributed by atoms with Crippen LogP contribution in [0.25, 0.3) is 0 Å². The van der Waals surface area contributed by atoms with E-state index in [-0.39, 0.29) is 32.3 Å². The average molecular weight is 345 g/mol. The Morgan fingerprint density at radius 1 is 1.17 bits per heavy atom. The van der Waals surface area contributed by atoms with Crippen LogP contribution in [0.1, 0.15) is 31.2 Å². The maximum atomic E-state index is 12.1. The molecule has 0 saturated heterocycles. The second-order valence-electron chi connectivity index (χ2n) is 5.13. The van der Waals surface area contributed by atoms with E-state index in [4.69, 9.17) is 15.6 Å². The highest BCUT2D eigenvalue weighted by Gasteiger charge is 2.51. The van der Waals surface area contributed by atoms with Crippen LogP contribution in [-0.4, -0.2) is 32.1 Å². The topological polar surface area (TPSA) is 147 Å². The highest BCUT2D eigenvalue weighted by Crippen LogP contribution is 2.50. The van der Waals surface area contributed by atoms with Crippen LogP contribution in [0.3, 0.4) is 0 Å². The molecule has 0 aliphatic carbocycles. The number of aliphatic carboxylic acids is 1. The number of rotatable bonds is 9. The summed E-state index contributed by atoms with van der Waals surface area (Å²) in [4.78, 5) is 41.3. The molecule has 0 bridgehead atoms. The fraction of sp³-hybridized carbons (Fsp3) is 0.429. The molecule has 9 heteroatoms. The SMILES string of the molecule is NC(CCCCC(=O)O)(C(=O)OCc1ccccc1)P(=O)(O)O. The van der Waals surface area contributed by atoms with Gasteiger partial charge in [-0.1, -0.05) is 30.3 Å². The molecule has 1 unspecified atom stereocenters. The van der Waals surface area contributed by atoms with E-state index in [0.717, 1.165) is 0 Å². The molecule has 0 saturated carbocycles. The van der Waals surface area contributed by atoms with Crippen LogP contribution in [-0.2, 0) is 25.5 Å². The molecule has 0 heterocycles. The number of ether oxygens (including phenoxy) is 1. The van der Waals surface area contributed by atoms with Gasteiger partial charge in [-0.2, -0.15) is 0 Å². The summed E-state index contributed by atoms with van der Waals surface area (Å²) in [6, 6.07) is 8.61. The largest absolute Gasteiger partial charge is 0.481 e. The third-order valence-corrected chi connectivity index (χ3v) is 4.73. The Morgan fingerprint density at radius 3 is 2.30 bits per heavy atom. The molecular weight excluding hydrogens is 325 g/mol. The van der Waals surface area contributed by atoms with Crippen molar-refractivity contribution in [3.63, 3.8) is 0 Å². The van der Waals surface area contributed by atoms with E-state index in [1.165, 1.54) is 0 Å². The number of nitrogens with two attached hydrogens (primary N) is 1. The number of carboxylic acids is 1. The summed E-state index contributed by atoms with van der Waals surface area (Å²) in [6.45, 7) is -0.159. The number of carboxylic acid groups (broad SMARTS) is 1. The van der Waals surface area contributed by atoms with Crippen molar-refractivity contribution in [2.75, 3.05) is 0 Å². The Hall–Kier alpha value is -1.73. The summed E-state index contributed by atoms with van der Waals surface area (Å²) in [5.41, 5.74) is 6.27. The Kier molecular flexibility index (Phi) is 6.90. The number of benzene rings is 1. The molecule has 0 fully saturated rings. The first kappa shape index (κ1) is 19.3. The number of unbranched alkanes of at least 4 members (excludes halogenated alkanes) is 1. The average Bonchev–Trinajstić information content (AvgIpc) is 2.48. The van der Waals surface area contributed by atoms with Gasteiger partial charge in [0.05, 0.1) is 0 Å². The molecule has 1 aromatic rings. The van der Waals surface area contributed by atoms with Gasteiger partial charge in [-0.15, -0.1) is 0 Å². The molecule has 1 aromatic carbocycles. The Bertz CT molecular complexity index is 586. The molecule has 23 heavy (non-hydrogen) atoms. The molecule has 0 spiro atoms. The smallest absolute Gasteiger partial charge is 0.356 e. The molecule has 128 valence electrons. The molecule has 0 aliphatic rings. The molecule has 1 rings (SSSR count). The maximum absolute atomic E-state index is 12.1. The van der Waals surface area contributed by atoms with Crippen LogP contribution < -0.4 is 5.73 Å². The van der Waals surface area contributed by atoms with E-state index in [2.05, 4.69) is 0 Å². The van der Waals surface area contributed by atoms with Gasteiger partial charge in [-0.25, -0.2) is 4.79 Å². The number of hydrogen-bond acceptors (Lipinski definition) is 5. The number of hydrogen-bond donors (Lipinski definition) is 4. The normalized spacial score (nSPS) is 14.0. The minimum atomic E-state index is -4.97. The molecule has 8 nitrogen and oxygen atoms in total. The Balaban J connectivity index is 2.70. The highest BCUT2D eigenvalue weighted by atomic mass is 31.2. The molecule has 1 atom stereocenters. The van der Waals surface area contributed by atoms with Crippen molar-refractivity contribution in [1.29, 1.82) is 0 Å². The first-order valence-corrected chi connectivity index (χ1v) is 8.55. The summed E-state index contributed by atoms with van der Waals surface area (Å²) < 4.78 is 16.5. The quantitative estimate of drug-likeness (QED) is 0.296. The van der Waals surface area contributed by atoms with Crippen LogP contribution in [0.15, 0.2) is 30.3 Å². The van der Waals surface area contributed by atoms with Crippen molar-refractivity contribution >= 4 is 19.5 Å².